The third kappa shape index (κ3) is 5.76. The average molecular weight is 432 g/mol. The van der Waals surface area contributed by atoms with Gasteiger partial charge >= 0.3 is 5.97 Å². The first kappa shape index (κ1) is 23.1. The third-order valence-electron chi connectivity index (χ3n) is 5.24. The number of hydrogen-bond donors (Lipinski definition) is 1. The minimum atomic E-state index is -1.01. The van der Waals surface area contributed by atoms with E-state index in [-0.39, 0.29) is 5.78 Å². The topological polar surface area (TPSA) is 68.5 Å². The summed E-state index contributed by atoms with van der Waals surface area (Å²) in [4.78, 5) is 24.1. The highest BCUT2D eigenvalue weighted by Crippen LogP contribution is 2.19. The molecule has 5 nitrogen and oxygen atoms in total. The first-order valence-electron chi connectivity index (χ1n) is 10.7. The minimum Gasteiger partial charge on any atom is -0.479 e. The first-order chi connectivity index (χ1) is 15.2. The molecule has 3 rings (SSSR count). The Labute approximate surface area is 189 Å². The number of hydrogen-bond acceptors (Lipinski definition) is 3. The van der Waals surface area contributed by atoms with Crippen LogP contribution in [0.4, 0.5) is 0 Å². The van der Waals surface area contributed by atoms with Crippen molar-refractivity contribution in [1.82, 2.24) is 4.57 Å². The number of aromatic nitrogens is 1. The van der Waals surface area contributed by atoms with E-state index in [0.29, 0.717) is 29.5 Å². The Balaban J connectivity index is 1.73. The second kappa shape index (κ2) is 10.1. The SMILES string of the molecule is Cc1cc(C(=O)c2ccc(C(C)C)cc2)n(C/C=C/c2cccc(O[C@@H](C)C(=O)O)c2)c1. The summed E-state index contributed by atoms with van der Waals surface area (Å²) in [7, 11) is 0. The number of aryl methyl sites for hydroxylation is 1. The van der Waals surface area contributed by atoms with Crippen molar-refractivity contribution in [3.05, 3.63) is 94.8 Å². The van der Waals surface area contributed by atoms with E-state index >= 15 is 0 Å². The monoisotopic (exact) mass is 431 g/mol. The van der Waals surface area contributed by atoms with Gasteiger partial charge in [0.1, 0.15) is 5.75 Å². The van der Waals surface area contributed by atoms with E-state index in [2.05, 4.69) is 13.8 Å². The molecule has 0 aliphatic carbocycles. The normalized spacial score (nSPS) is 12.3. The van der Waals surface area contributed by atoms with Crippen LogP contribution in [0.3, 0.4) is 0 Å². The maximum Gasteiger partial charge on any atom is 0.344 e. The molecule has 0 saturated carbocycles. The van der Waals surface area contributed by atoms with Crippen LogP contribution in [-0.2, 0) is 11.3 Å². The fraction of sp³-hybridized carbons (Fsp3) is 0.259. The van der Waals surface area contributed by atoms with Crippen molar-refractivity contribution in [2.75, 3.05) is 0 Å². The van der Waals surface area contributed by atoms with Crippen molar-refractivity contribution in [2.24, 2.45) is 0 Å². The molecule has 3 aromatic rings. The van der Waals surface area contributed by atoms with Gasteiger partial charge in [-0.2, -0.15) is 0 Å². The summed E-state index contributed by atoms with van der Waals surface area (Å²) in [6.45, 7) is 8.27. The molecule has 166 valence electrons. The summed E-state index contributed by atoms with van der Waals surface area (Å²) in [6, 6.07) is 17.0. The lowest BCUT2D eigenvalue weighted by Gasteiger charge is -2.10. The van der Waals surface area contributed by atoms with Crippen LogP contribution in [0.25, 0.3) is 6.08 Å². The number of carboxylic acids is 1. The Morgan fingerprint density at radius 2 is 1.78 bits per heavy atom. The van der Waals surface area contributed by atoms with Crippen molar-refractivity contribution >= 4 is 17.8 Å². The molecule has 0 radical (unpaired) electrons. The summed E-state index contributed by atoms with van der Waals surface area (Å²) in [5, 5.41) is 9.00. The molecule has 0 aliphatic rings. The number of allylic oxidation sites excluding steroid dienone is 1. The van der Waals surface area contributed by atoms with Gasteiger partial charge in [0.2, 0.25) is 5.78 Å². The molecule has 0 saturated heterocycles. The Bertz CT molecular complexity index is 1120. The Morgan fingerprint density at radius 3 is 2.44 bits per heavy atom. The standard InChI is InChI=1S/C27H29NO4/c1-18(2)22-10-12-23(13-11-22)26(29)25-15-19(3)17-28(25)14-6-8-21-7-5-9-24(16-21)32-20(4)27(30)31/h5-13,15-18,20H,14H2,1-4H3,(H,30,31)/b8-6+/t20-/m0/s1. The van der Waals surface area contributed by atoms with E-state index in [1.54, 1.807) is 12.1 Å². The van der Waals surface area contributed by atoms with Crippen molar-refractivity contribution in [1.29, 1.82) is 0 Å². The van der Waals surface area contributed by atoms with Crippen LogP contribution in [0.15, 0.2) is 66.9 Å². The fourth-order valence-electron chi connectivity index (χ4n) is 3.41. The van der Waals surface area contributed by atoms with Gasteiger partial charge in [0.25, 0.3) is 0 Å². The zero-order chi connectivity index (χ0) is 23.3. The van der Waals surface area contributed by atoms with E-state index in [1.165, 1.54) is 12.5 Å². The van der Waals surface area contributed by atoms with Crippen LogP contribution in [0.5, 0.6) is 5.75 Å². The zero-order valence-corrected chi connectivity index (χ0v) is 18.9. The molecule has 0 amide bonds. The summed E-state index contributed by atoms with van der Waals surface area (Å²) in [6.07, 6.45) is 4.95. The van der Waals surface area contributed by atoms with Crippen molar-refractivity contribution in [3.8, 4) is 5.75 Å². The summed E-state index contributed by atoms with van der Waals surface area (Å²) in [5.74, 6) is -0.0870. The highest BCUT2D eigenvalue weighted by Gasteiger charge is 2.15. The Kier molecular flexibility index (Phi) is 7.31. The van der Waals surface area contributed by atoms with Crippen LogP contribution in [0, 0.1) is 6.92 Å². The summed E-state index contributed by atoms with van der Waals surface area (Å²) in [5.41, 5.74) is 4.45. The predicted octanol–water partition coefficient (Wildman–Crippen LogP) is 5.72. The number of carbonyl (C=O) groups excluding carboxylic acids is 1. The van der Waals surface area contributed by atoms with Gasteiger partial charge in [-0.25, -0.2) is 4.79 Å². The molecular weight excluding hydrogens is 402 g/mol. The van der Waals surface area contributed by atoms with Crippen molar-refractivity contribution < 1.29 is 19.4 Å². The van der Waals surface area contributed by atoms with E-state index in [4.69, 9.17) is 9.84 Å². The smallest absolute Gasteiger partial charge is 0.344 e. The van der Waals surface area contributed by atoms with E-state index in [9.17, 15) is 9.59 Å². The van der Waals surface area contributed by atoms with Crippen LogP contribution in [0.1, 0.15) is 59.4 Å². The molecule has 1 heterocycles. The molecule has 0 bridgehead atoms. The van der Waals surface area contributed by atoms with Crippen LogP contribution in [0.2, 0.25) is 0 Å². The molecule has 2 aromatic carbocycles. The molecule has 32 heavy (non-hydrogen) atoms. The predicted molar refractivity (Wildman–Crippen MR) is 126 cm³/mol. The van der Waals surface area contributed by atoms with Gasteiger partial charge in [-0.15, -0.1) is 0 Å². The van der Waals surface area contributed by atoms with Gasteiger partial charge < -0.3 is 14.4 Å². The molecule has 0 unspecified atom stereocenters. The van der Waals surface area contributed by atoms with Gasteiger partial charge in [0.05, 0.1) is 5.69 Å². The highest BCUT2D eigenvalue weighted by molar-refractivity contribution is 6.08. The van der Waals surface area contributed by atoms with Crippen molar-refractivity contribution in [2.45, 2.75) is 46.3 Å². The number of carbonyl (C=O) groups is 2. The number of nitrogens with zero attached hydrogens (tertiary/aromatic N) is 1. The second-order valence-electron chi connectivity index (χ2n) is 8.23. The molecule has 5 heteroatoms. The lowest BCUT2D eigenvalue weighted by molar-refractivity contribution is -0.144. The number of aliphatic carboxylic acids is 1. The van der Waals surface area contributed by atoms with Crippen molar-refractivity contribution in [3.63, 3.8) is 0 Å². The summed E-state index contributed by atoms with van der Waals surface area (Å²) < 4.78 is 7.37. The largest absolute Gasteiger partial charge is 0.479 e. The number of rotatable bonds is 9. The number of ketones is 1. The minimum absolute atomic E-state index is 0.000128. The number of benzene rings is 2. The lowest BCUT2D eigenvalue weighted by atomic mass is 9.99. The van der Waals surface area contributed by atoms with Crippen LogP contribution < -0.4 is 4.74 Å². The maximum atomic E-state index is 13.1. The lowest BCUT2D eigenvalue weighted by Crippen LogP contribution is -2.22. The highest BCUT2D eigenvalue weighted by atomic mass is 16.5. The van der Waals surface area contributed by atoms with E-state index in [1.807, 2.05) is 72.3 Å². The average Bonchev–Trinajstić information content (AvgIpc) is 3.13. The van der Waals surface area contributed by atoms with Gasteiger partial charge in [-0.05, 0) is 54.7 Å². The molecule has 1 atom stereocenters. The maximum absolute atomic E-state index is 13.1. The number of ether oxygens (including phenoxy) is 1. The molecule has 1 N–H and O–H groups in total. The second-order valence-corrected chi connectivity index (χ2v) is 8.23. The van der Waals surface area contributed by atoms with Crippen LogP contribution in [-0.4, -0.2) is 27.5 Å². The molecular formula is C27H29NO4. The molecule has 1 aromatic heterocycles. The third-order valence-corrected chi connectivity index (χ3v) is 5.24. The molecule has 0 aliphatic heterocycles. The van der Waals surface area contributed by atoms with E-state index in [0.717, 1.165) is 11.1 Å². The van der Waals surface area contributed by atoms with Crippen LogP contribution >= 0.6 is 0 Å². The van der Waals surface area contributed by atoms with E-state index < -0.39 is 12.1 Å². The Hall–Kier alpha value is -3.60. The van der Waals surface area contributed by atoms with Gasteiger partial charge in [-0.3, -0.25) is 4.79 Å². The molecule has 0 spiro atoms. The first-order valence-corrected chi connectivity index (χ1v) is 10.7. The number of carboxylic acid groups (broad SMARTS) is 1. The van der Waals surface area contributed by atoms with Gasteiger partial charge in [0.15, 0.2) is 6.10 Å². The zero-order valence-electron chi connectivity index (χ0n) is 18.9. The Morgan fingerprint density at radius 1 is 1.06 bits per heavy atom. The van der Waals surface area contributed by atoms with Gasteiger partial charge in [-0.1, -0.05) is 62.4 Å². The summed E-state index contributed by atoms with van der Waals surface area (Å²) >= 11 is 0. The molecule has 0 fully saturated rings. The quantitative estimate of drug-likeness (QED) is 0.440. The fourth-order valence-corrected chi connectivity index (χ4v) is 3.41. The van der Waals surface area contributed by atoms with Gasteiger partial charge in [0, 0.05) is 18.3 Å².